The van der Waals surface area contributed by atoms with E-state index < -0.39 is 5.41 Å². The van der Waals surface area contributed by atoms with Crippen LogP contribution in [0.25, 0.3) is 93.6 Å². The normalized spacial score (nSPS) is 11.9. The van der Waals surface area contributed by atoms with Gasteiger partial charge in [-0.05, 0) is 158 Å². The van der Waals surface area contributed by atoms with Crippen molar-refractivity contribution in [1.29, 1.82) is 0 Å². The highest BCUT2D eigenvalue weighted by Gasteiger charge is 2.40. The van der Waals surface area contributed by atoms with E-state index in [0.717, 1.165) is 22.3 Å². The van der Waals surface area contributed by atoms with E-state index in [1.807, 2.05) is 0 Å². The van der Waals surface area contributed by atoms with E-state index in [1.165, 1.54) is 138 Å². The molecular weight excluding hydrogens is 1310 g/mol. The average Bonchev–Trinajstić information content (AvgIpc) is 1.68. The zero-order valence-corrected chi connectivity index (χ0v) is 58.3. The fraction of sp³-hybridized carbons (Fsp3) is 0.0303. The van der Waals surface area contributed by atoms with Crippen molar-refractivity contribution in [3.05, 3.63) is 473 Å². The molecule has 3 aromatic heterocycles. The van der Waals surface area contributed by atoms with Gasteiger partial charge < -0.3 is 13.7 Å². The highest BCUT2D eigenvalue weighted by Crippen LogP contribution is 2.48. The molecule has 0 fully saturated rings. The molecule has 0 saturated heterocycles. The first-order valence-electron chi connectivity index (χ1n) is 35.5. The fourth-order valence-electron chi connectivity index (χ4n) is 16.7. The van der Waals surface area contributed by atoms with E-state index in [-0.39, 0.29) is 5.41 Å². The highest BCUT2D eigenvalue weighted by atomic mass is 79.9. The molecule has 0 unspecified atom stereocenters. The molecule has 0 N–H and O–H groups in total. The van der Waals surface area contributed by atoms with Crippen molar-refractivity contribution in [2.24, 2.45) is 0 Å². The molecule has 0 atom stereocenters. The summed E-state index contributed by atoms with van der Waals surface area (Å²) >= 11 is 3.58. The van der Waals surface area contributed by atoms with E-state index in [4.69, 9.17) is 0 Å². The van der Waals surface area contributed by atoms with Gasteiger partial charge in [-0.25, -0.2) is 0 Å². The fourth-order valence-corrected chi connectivity index (χ4v) is 17.0. The minimum absolute atomic E-state index is 0.357. The Bertz CT molecular complexity index is 5940. The van der Waals surface area contributed by atoms with Gasteiger partial charge in [-0.3, -0.25) is 0 Å². The van der Waals surface area contributed by atoms with Gasteiger partial charge in [0, 0.05) is 53.9 Å². The molecule has 1 aliphatic carbocycles. The quantitative estimate of drug-likeness (QED) is 0.115. The summed E-state index contributed by atoms with van der Waals surface area (Å²) in [5, 5.41) is 7.64. The summed E-state index contributed by atoms with van der Waals surface area (Å²) in [4.78, 5) is 0. The topological polar surface area (TPSA) is 14.8 Å². The Morgan fingerprint density at radius 3 is 0.845 bits per heavy atom. The maximum atomic E-state index is 3.58. The molecule has 0 aliphatic heterocycles. The minimum atomic E-state index is -0.486. The Morgan fingerprint density at radius 2 is 0.456 bits per heavy atom. The zero-order chi connectivity index (χ0) is 68.7. The number of hydrogen-bond donors (Lipinski definition) is 0. The molecule has 3 heterocycles. The number of rotatable bonds is 11. The third-order valence-corrected chi connectivity index (χ3v) is 21.7. The third kappa shape index (κ3) is 10.8. The van der Waals surface area contributed by atoms with Gasteiger partial charge >= 0.3 is 0 Å². The number of para-hydroxylation sites is 5. The number of nitrogens with zero attached hydrogens (tertiary/aromatic N) is 3. The van der Waals surface area contributed by atoms with Gasteiger partial charge in [0.05, 0.1) is 43.9 Å². The smallest absolute Gasteiger partial charge is 0.0701 e. The lowest BCUT2D eigenvalue weighted by atomic mass is 9.65. The van der Waals surface area contributed by atoms with Crippen LogP contribution in [0.5, 0.6) is 0 Å². The van der Waals surface area contributed by atoms with E-state index in [2.05, 4.69) is 442 Å². The van der Waals surface area contributed by atoms with Crippen molar-refractivity contribution in [1.82, 2.24) is 13.7 Å². The van der Waals surface area contributed by atoms with Crippen LogP contribution in [-0.4, -0.2) is 13.7 Å². The second-order valence-corrected chi connectivity index (χ2v) is 27.6. The standard InChI is InChI=1S/C49H34N2.C25H19Br.C25H17N/c1-4-16-35(17-5-1)49(36-18-6-2-7-19-36,37-20-8-3-9-21-37)38-28-30-39(31-29-38)50-47-27-15-12-24-43(47)44-34-40(32-33-48(44)50)51-45-25-13-10-22-41(45)42-23-11-14-26-46(42)51;26-24-18-16-23(17-19-24)25(20-10-4-1-5-11-20,21-12-6-2-7-13-21)22-14-8-3-9-15-22;1-2-8-20-17(7-1)15-18-13-14-19(16-23(18)20)26-24-11-5-3-9-21(24)22-10-4-6-12-25(22)26/h1-34H;1-19H;1-14,16H,15H2. The van der Waals surface area contributed by atoms with E-state index in [0.29, 0.717) is 0 Å². The van der Waals surface area contributed by atoms with Gasteiger partial charge in [0.2, 0.25) is 0 Å². The number of aromatic nitrogens is 3. The second-order valence-electron chi connectivity index (χ2n) is 26.7. The van der Waals surface area contributed by atoms with Gasteiger partial charge in [0.25, 0.3) is 0 Å². The van der Waals surface area contributed by atoms with Gasteiger partial charge in [-0.15, -0.1) is 0 Å². The Hall–Kier alpha value is -12.6. The summed E-state index contributed by atoms with van der Waals surface area (Å²) in [5.41, 5.74) is 25.6. The zero-order valence-electron chi connectivity index (χ0n) is 56.7. The van der Waals surface area contributed by atoms with Crippen LogP contribution in [0.4, 0.5) is 0 Å². The Balaban J connectivity index is 0.000000122. The second kappa shape index (κ2) is 26.8. The van der Waals surface area contributed by atoms with Crippen LogP contribution in [0.1, 0.15) is 55.6 Å². The van der Waals surface area contributed by atoms with Gasteiger partial charge in [0.15, 0.2) is 0 Å². The molecule has 0 spiro atoms. The molecule has 0 bridgehead atoms. The van der Waals surface area contributed by atoms with Crippen LogP contribution in [0, 0.1) is 0 Å². The Morgan fingerprint density at radius 1 is 0.194 bits per heavy atom. The van der Waals surface area contributed by atoms with E-state index in [9.17, 15) is 0 Å². The molecule has 3 nitrogen and oxygen atoms in total. The summed E-state index contributed by atoms with van der Waals surface area (Å²) in [6.07, 6.45) is 1.04. The molecule has 0 radical (unpaired) electrons. The molecule has 103 heavy (non-hydrogen) atoms. The summed E-state index contributed by atoms with van der Waals surface area (Å²) in [7, 11) is 0. The molecule has 488 valence electrons. The van der Waals surface area contributed by atoms with Crippen molar-refractivity contribution in [2.75, 3.05) is 0 Å². The lowest BCUT2D eigenvalue weighted by Gasteiger charge is -2.37. The largest absolute Gasteiger partial charge is 0.309 e. The first-order valence-corrected chi connectivity index (χ1v) is 36.2. The number of halogens is 1. The van der Waals surface area contributed by atoms with Crippen LogP contribution < -0.4 is 0 Å². The van der Waals surface area contributed by atoms with Crippen molar-refractivity contribution in [3.63, 3.8) is 0 Å². The molecule has 0 saturated carbocycles. The number of hydrogen-bond acceptors (Lipinski definition) is 0. The molecule has 19 aromatic rings. The average molecular weight is 1380 g/mol. The Kier molecular flexibility index (Phi) is 16.3. The first-order chi connectivity index (χ1) is 51.0. The van der Waals surface area contributed by atoms with Gasteiger partial charge in [-0.2, -0.15) is 0 Å². The number of fused-ring (bicyclic) bond motifs is 12. The molecule has 1 aliphatic rings. The first kappa shape index (κ1) is 62.6. The van der Waals surface area contributed by atoms with Crippen molar-refractivity contribution in [2.45, 2.75) is 17.3 Å². The third-order valence-electron chi connectivity index (χ3n) is 21.2. The van der Waals surface area contributed by atoms with Crippen molar-refractivity contribution >= 4 is 81.3 Å². The van der Waals surface area contributed by atoms with Crippen LogP contribution in [0.15, 0.2) is 417 Å². The highest BCUT2D eigenvalue weighted by molar-refractivity contribution is 9.10. The SMILES string of the molecule is Brc1ccc(C(c2ccccc2)(c2ccccc2)c2ccccc2)cc1.c1ccc(C(c2ccccc2)(c2ccccc2)c2ccc(-n3c4ccccc4c4cc(-n5c6ccccc6c6ccccc65)ccc43)cc2)cc1.c1ccc2c(c1)Cc1ccc(-n3c4ccccc4c4ccccc43)cc1-2. The molecule has 0 amide bonds. The number of benzene rings is 16. The molecule has 20 rings (SSSR count). The van der Waals surface area contributed by atoms with Crippen molar-refractivity contribution < 1.29 is 0 Å². The lowest BCUT2D eigenvalue weighted by molar-refractivity contribution is 0.745. The van der Waals surface area contributed by atoms with Crippen molar-refractivity contribution in [3.8, 4) is 28.2 Å². The maximum absolute atomic E-state index is 3.58. The van der Waals surface area contributed by atoms with Gasteiger partial charge in [0.1, 0.15) is 0 Å². The summed E-state index contributed by atoms with van der Waals surface area (Å²) in [6.45, 7) is 0. The van der Waals surface area contributed by atoms with Gasteiger partial charge in [-0.1, -0.05) is 344 Å². The van der Waals surface area contributed by atoms with E-state index >= 15 is 0 Å². The predicted octanol–water partition coefficient (Wildman–Crippen LogP) is 25.5. The Labute approximate surface area is 608 Å². The van der Waals surface area contributed by atoms with Crippen LogP contribution in [0.3, 0.4) is 0 Å². The van der Waals surface area contributed by atoms with Crippen LogP contribution in [-0.2, 0) is 17.3 Å². The molecular formula is C99H70BrN3. The maximum Gasteiger partial charge on any atom is 0.0701 e. The molecule has 4 heteroatoms. The van der Waals surface area contributed by atoms with Crippen LogP contribution in [0.2, 0.25) is 0 Å². The lowest BCUT2D eigenvalue weighted by Crippen LogP contribution is -2.30. The minimum Gasteiger partial charge on any atom is -0.309 e. The summed E-state index contributed by atoms with van der Waals surface area (Å²) in [5.74, 6) is 0. The van der Waals surface area contributed by atoms with E-state index in [1.54, 1.807) is 0 Å². The predicted molar refractivity (Wildman–Crippen MR) is 435 cm³/mol. The van der Waals surface area contributed by atoms with Crippen LogP contribution >= 0.6 is 15.9 Å². The summed E-state index contributed by atoms with van der Waals surface area (Å²) in [6, 6.07) is 149. The monoisotopic (exact) mass is 1380 g/mol. The molecule has 16 aromatic carbocycles. The summed E-state index contributed by atoms with van der Waals surface area (Å²) < 4.78 is 8.30.